The molecule has 100 valence electrons. The van der Waals surface area contributed by atoms with E-state index < -0.39 is 5.97 Å². The van der Waals surface area contributed by atoms with Crippen LogP contribution in [0.5, 0.6) is 0 Å². The number of para-hydroxylation sites is 1. The van der Waals surface area contributed by atoms with Gasteiger partial charge in [-0.1, -0.05) is 12.1 Å². The zero-order valence-corrected chi connectivity index (χ0v) is 11.0. The van der Waals surface area contributed by atoms with Crippen LogP contribution in [0.4, 0.5) is 11.6 Å². The highest BCUT2D eigenvalue weighted by Gasteiger charge is 2.14. The van der Waals surface area contributed by atoms with E-state index in [2.05, 4.69) is 16.0 Å². The second-order valence-corrected chi connectivity index (χ2v) is 4.16. The predicted octanol–water partition coefficient (Wildman–Crippen LogP) is 2.12. The van der Waals surface area contributed by atoms with E-state index in [0.717, 1.165) is 0 Å². The Morgan fingerprint density at radius 1 is 1.40 bits per heavy atom. The van der Waals surface area contributed by atoms with Crippen molar-refractivity contribution in [2.24, 2.45) is 0 Å². The highest BCUT2D eigenvalue weighted by molar-refractivity contribution is 5.88. The molecule has 0 spiro atoms. The first-order valence-corrected chi connectivity index (χ1v) is 5.84. The van der Waals surface area contributed by atoms with Crippen LogP contribution in [-0.4, -0.2) is 28.1 Å². The minimum atomic E-state index is -1.06. The summed E-state index contributed by atoms with van der Waals surface area (Å²) in [5.74, 6) is -0.718. The quantitative estimate of drug-likeness (QED) is 0.917. The number of nitriles is 1. The topological polar surface area (TPSA) is 90.1 Å². The Labute approximate surface area is 115 Å². The molecule has 0 saturated carbocycles. The summed E-state index contributed by atoms with van der Waals surface area (Å²) in [7, 11) is 1.73. The lowest BCUT2D eigenvalue weighted by Crippen LogP contribution is -2.16. The van der Waals surface area contributed by atoms with Crippen LogP contribution >= 0.6 is 0 Å². The molecule has 0 amide bonds. The number of benzene rings is 1. The number of carbonyl (C=O) groups is 1. The van der Waals surface area contributed by atoms with E-state index in [4.69, 9.17) is 10.4 Å². The number of carboxylic acid groups (broad SMARTS) is 1. The smallest absolute Gasteiger partial charge is 0.339 e. The summed E-state index contributed by atoms with van der Waals surface area (Å²) >= 11 is 0. The maximum absolute atomic E-state index is 10.9. The molecule has 1 heterocycles. The normalized spacial score (nSPS) is 9.85. The van der Waals surface area contributed by atoms with E-state index in [-0.39, 0.29) is 5.56 Å². The summed E-state index contributed by atoms with van der Waals surface area (Å²) in [4.78, 5) is 20.8. The Kier molecular flexibility index (Phi) is 3.62. The van der Waals surface area contributed by atoms with Gasteiger partial charge in [-0.2, -0.15) is 5.26 Å². The first-order chi connectivity index (χ1) is 9.54. The molecule has 0 atom stereocenters. The minimum Gasteiger partial charge on any atom is -0.478 e. The van der Waals surface area contributed by atoms with Gasteiger partial charge in [-0.3, -0.25) is 0 Å². The maximum atomic E-state index is 10.9. The molecular weight excluding hydrogens is 256 g/mol. The Bertz CT molecular complexity index is 707. The molecule has 0 unspecified atom stereocenters. The third kappa shape index (κ3) is 2.42. The van der Waals surface area contributed by atoms with E-state index >= 15 is 0 Å². The number of carboxylic acids is 1. The molecule has 0 fully saturated rings. The molecule has 0 radical (unpaired) electrons. The van der Waals surface area contributed by atoms with Crippen LogP contribution in [0.3, 0.4) is 0 Å². The number of nitrogens with zero attached hydrogens (tertiary/aromatic N) is 4. The molecule has 6 nitrogen and oxygen atoms in total. The van der Waals surface area contributed by atoms with Gasteiger partial charge >= 0.3 is 5.97 Å². The SMILES string of the molecule is Cc1nc(N(C)c2ccccc2C#N)ncc1C(=O)O. The zero-order valence-electron chi connectivity index (χ0n) is 11.0. The Hall–Kier alpha value is -2.94. The molecule has 6 heteroatoms. The van der Waals surface area contributed by atoms with Crippen molar-refractivity contribution in [1.29, 1.82) is 5.26 Å². The highest BCUT2D eigenvalue weighted by Crippen LogP contribution is 2.24. The van der Waals surface area contributed by atoms with Crippen LogP contribution < -0.4 is 4.90 Å². The van der Waals surface area contributed by atoms with Crippen LogP contribution in [0.1, 0.15) is 21.6 Å². The molecule has 0 aliphatic rings. The van der Waals surface area contributed by atoms with Gasteiger partial charge in [0.05, 0.1) is 22.5 Å². The molecule has 20 heavy (non-hydrogen) atoms. The van der Waals surface area contributed by atoms with Crippen LogP contribution in [0.25, 0.3) is 0 Å². The van der Waals surface area contributed by atoms with Crippen LogP contribution in [-0.2, 0) is 0 Å². The second kappa shape index (κ2) is 5.36. The van der Waals surface area contributed by atoms with Crippen LogP contribution in [0, 0.1) is 18.3 Å². The Balaban J connectivity index is 2.44. The summed E-state index contributed by atoms with van der Waals surface area (Å²) < 4.78 is 0. The lowest BCUT2D eigenvalue weighted by Gasteiger charge is -2.18. The van der Waals surface area contributed by atoms with Crippen molar-refractivity contribution in [2.45, 2.75) is 6.92 Å². The number of aromatic nitrogens is 2. The van der Waals surface area contributed by atoms with Crippen molar-refractivity contribution in [1.82, 2.24) is 9.97 Å². The van der Waals surface area contributed by atoms with Gasteiger partial charge in [0.15, 0.2) is 0 Å². The van der Waals surface area contributed by atoms with E-state index in [1.807, 2.05) is 6.07 Å². The van der Waals surface area contributed by atoms with Crippen molar-refractivity contribution < 1.29 is 9.90 Å². The first kappa shape index (κ1) is 13.5. The van der Waals surface area contributed by atoms with E-state index in [1.54, 1.807) is 37.1 Å². The molecule has 0 aliphatic heterocycles. The number of rotatable bonds is 3. The van der Waals surface area contributed by atoms with Crippen molar-refractivity contribution in [3.05, 3.63) is 47.3 Å². The molecular formula is C14H12N4O2. The van der Waals surface area contributed by atoms with Crippen molar-refractivity contribution in [3.8, 4) is 6.07 Å². The molecule has 0 bridgehead atoms. The van der Waals surface area contributed by atoms with Crippen molar-refractivity contribution >= 4 is 17.6 Å². The summed E-state index contributed by atoms with van der Waals surface area (Å²) in [6.45, 7) is 1.61. The third-order valence-electron chi connectivity index (χ3n) is 2.88. The minimum absolute atomic E-state index is 0.0655. The summed E-state index contributed by atoms with van der Waals surface area (Å²) in [5.41, 5.74) is 1.61. The van der Waals surface area contributed by atoms with Gasteiger partial charge in [0.2, 0.25) is 5.95 Å². The zero-order chi connectivity index (χ0) is 14.7. The largest absolute Gasteiger partial charge is 0.478 e. The average molecular weight is 268 g/mol. The van der Waals surface area contributed by atoms with Gasteiger partial charge in [0.1, 0.15) is 6.07 Å². The fourth-order valence-electron chi connectivity index (χ4n) is 1.79. The Morgan fingerprint density at radius 3 is 2.70 bits per heavy atom. The monoisotopic (exact) mass is 268 g/mol. The average Bonchev–Trinajstić information content (AvgIpc) is 2.45. The number of aromatic carboxylic acids is 1. The standard InChI is InChI=1S/C14H12N4O2/c1-9-11(13(19)20)8-16-14(17-9)18(2)12-6-4-3-5-10(12)7-15/h3-6,8H,1-2H3,(H,19,20). The number of anilines is 2. The molecule has 1 aromatic carbocycles. The summed E-state index contributed by atoms with van der Waals surface area (Å²) in [5, 5.41) is 18.0. The summed E-state index contributed by atoms with van der Waals surface area (Å²) in [6, 6.07) is 9.16. The fraction of sp³-hybridized carbons (Fsp3) is 0.143. The van der Waals surface area contributed by atoms with Crippen LogP contribution in [0.2, 0.25) is 0 Å². The molecule has 2 rings (SSSR count). The second-order valence-electron chi connectivity index (χ2n) is 4.16. The number of hydrogen-bond acceptors (Lipinski definition) is 5. The molecule has 0 saturated heterocycles. The van der Waals surface area contributed by atoms with Gasteiger partial charge in [0.25, 0.3) is 0 Å². The first-order valence-electron chi connectivity index (χ1n) is 5.84. The molecule has 0 aliphatic carbocycles. The van der Waals surface area contributed by atoms with Gasteiger partial charge in [-0.15, -0.1) is 0 Å². The Morgan fingerprint density at radius 2 is 2.10 bits per heavy atom. The van der Waals surface area contributed by atoms with Crippen molar-refractivity contribution in [2.75, 3.05) is 11.9 Å². The molecule has 1 N–H and O–H groups in total. The molecule has 2 aromatic rings. The molecule has 1 aromatic heterocycles. The van der Waals surface area contributed by atoms with Gasteiger partial charge in [-0.05, 0) is 19.1 Å². The summed E-state index contributed by atoms with van der Waals surface area (Å²) in [6.07, 6.45) is 1.27. The van der Waals surface area contributed by atoms with E-state index in [1.165, 1.54) is 6.20 Å². The third-order valence-corrected chi connectivity index (χ3v) is 2.88. The van der Waals surface area contributed by atoms with Gasteiger partial charge in [0, 0.05) is 13.2 Å². The number of hydrogen-bond donors (Lipinski definition) is 1. The van der Waals surface area contributed by atoms with Crippen molar-refractivity contribution in [3.63, 3.8) is 0 Å². The maximum Gasteiger partial charge on any atom is 0.339 e. The fourth-order valence-corrected chi connectivity index (χ4v) is 1.79. The van der Waals surface area contributed by atoms with E-state index in [9.17, 15) is 4.79 Å². The highest BCUT2D eigenvalue weighted by atomic mass is 16.4. The number of aryl methyl sites for hydroxylation is 1. The van der Waals surface area contributed by atoms with Gasteiger partial charge < -0.3 is 10.0 Å². The lowest BCUT2D eigenvalue weighted by molar-refractivity contribution is 0.0695. The lowest BCUT2D eigenvalue weighted by atomic mass is 10.2. The van der Waals surface area contributed by atoms with E-state index in [0.29, 0.717) is 22.9 Å². The van der Waals surface area contributed by atoms with Gasteiger partial charge in [-0.25, -0.2) is 14.8 Å². The predicted molar refractivity (Wildman–Crippen MR) is 72.9 cm³/mol. The van der Waals surface area contributed by atoms with Crippen LogP contribution in [0.15, 0.2) is 30.5 Å².